The Morgan fingerprint density at radius 3 is 2.62 bits per heavy atom. The largest absolute Gasteiger partial charge is 0.393 e. The van der Waals surface area contributed by atoms with Crippen molar-refractivity contribution in [3.63, 3.8) is 0 Å². The molecule has 2 aliphatic carbocycles. The molecule has 0 radical (unpaired) electrons. The highest BCUT2D eigenvalue weighted by molar-refractivity contribution is 6.10. The summed E-state index contributed by atoms with van der Waals surface area (Å²) in [6.07, 6.45) is 4.62. The lowest BCUT2D eigenvalue weighted by Gasteiger charge is -2.29. The fourth-order valence-corrected chi connectivity index (χ4v) is 5.68. The molecule has 3 aromatic rings. The zero-order valence-electron chi connectivity index (χ0n) is 17.9. The molecule has 2 aromatic carbocycles. The Morgan fingerprint density at radius 1 is 1.12 bits per heavy atom. The lowest BCUT2D eigenvalue weighted by atomic mass is 9.92. The van der Waals surface area contributed by atoms with E-state index in [2.05, 4.69) is 10.6 Å². The van der Waals surface area contributed by atoms with Crippen molar-refractivity contribution in [3.05, 3.63) is 59.2 Å². The molecule has 32 heavy (non-hydrogen) atoms. The van der Waals surface area contributed by atoms with Gasteiger partial charge in [0.05, 0.1) is 34.8 Å². The van der Waals surface area contributed by atoms with Crippen molar-refractivity contribution in [1.82, 2.24) is 9.55 Å². The SMILES string of the molecule is NCc1ccc2c(c1)nc(CN1C(=O)C3(CC3)c3ccc(F)cc31)n2C1CCC(O)CC1. The lowest BCUT2D eigenvalue weighted by Crippen LogP contribution is -2.33. The number of fused-ring (bicyclic) bond motifs is 3. The van der Waals surface area contributed by atoms with E-state index in [0.29, 0.717) is 18.8 Å². The second-order valence-electron chi connectivity index (χ2n) is 9.52. The third kappa shape index (κ3) is 2.91. The van der Waals surface area contributed by atoms with E-state index >= 15 is 0 Å². The van der Waals surface area contributed by atoms with Gasteiger partial charge >= 0.3 is 0 Å². The number of benzene rings is 2. The van der Waals surface area contributed by atoms with Crippen molar-refractivity contribution < 1.29 is 14.3 Å². The summed E-state index contributed by atoms with van der Waals surface area (Å²) in [5, 5.41) is 10.0. The van der Waals surface area contributed by atoms with Crippen LogP contribution >= 0.6 is 0 Å². The molecule has 2 heterocycles. The molecule has 1 amide bonds. The highest BCUT2D eigenvalue weighted by Crippen LogP contribution is 2.57. The van der Waals surface area contributed by atoms with Crippen molar-refractivity contribution >= 4 is 22.6 Å². The Labute approximate surface area is 185 Å². The Hall–Kier alpha value is -2.77. The minimum atomic E-state index is -0.471. The average Bonchev–Trinajstić information content (AvgIpc) is 3.48. The van der Waals surface area contributed by atoms with Crippen LogP contribution in [0.4, 0.5) is 10.1 Å². The molecule has 6 rings (SSSR count). The highest BCUT2D eigenvalue weighted by Gasteiger charge is 2.59. The van der Waals surface area contributed by atoms with E-state index in [4.69, 9.17) is 10.7 Å². The van der Waals surface area contributed by atoms with Gasteiger partial charge in [-0.1, -0.05) is 12.1 Å². The van der Waals surface area contributed by atoms with Gasteiger partial charge < -0.3 is 20.3 Å². The van der Waals surface area contributed by atoms with Gasteiger partial charge in [-0.05, 0) is 73.9 Å². The number of carbonyl (C=O) groups is 1. The number of aliphatic hydroxyl groups is 1. The summed E-state index contributed by atoms with van der Waals surface area (Å²) in [5.41, 5.74) is 9.88. The van der Waals surface area contributed by atoms with Crippen LogP contribution in [-0.4, -0.2) is 26.7 Å². The van der Waals surface area contributed by atoms with E-state index in [9.17, 15) is 14.3 Å². The van der Waals surface area contributed by atoms with Crippen LogP contribution in [0.15, 0.2) is 36.4 Å². The molecule has 0 bridgehead atoms. The van der Waals surface area contributed by atoms with Crippen LogP contribution in [0.2, 0.25) is 0 Å². The molecule has 2 fully saturated rings. The fraction of sp³-hybridized carbons (Fsp3) is 0.440. The van der Waals surface area contributed by atoms with Crippen LogP contribution in [0.1, 0.15) is 61.5 Å². The summed E-state index contributed by atoms with van der Waals surface area (Å²) in [4.78, 5) is 20.1. The minimum absolute atomic E-state index is 0.0541. The van der Waals surface area contributed by atoms with E-state index in [1.807, 2.05) is 12.1 Å². The van der Waals surface area contributed by atoms with E-state index in [1.54, 1.807) is 11.0 Å². The first kappa shape index (κ1) is 19.9. The molecule has 166 valence electrons. The first-order chi connectivity index (χ1) is 15.5. The Balaban J connectivity index is 1.44. The third-order valence-electron chi connectivity index (χ3n) is 7.56. The molecular formula is C25H27FN4O2. The van der Waals surface area contributed by atoms with Crippen LogP contribution in [0.5, 0.6) is 0 Å². The van der Waals surface area contributed by atoms with Gasteiger partial charge in [0.1, 0.15) is 11.6 Å². The standard InChI is InChI=1S/C25H27FN4O2/c26-16-2-7-19-22(12-16)29(24(32)25(19)9-10-25)14-23-28-20-11-15(13-27)1-8-21(20)30(23)17-3-5-18(31)6-4-17/h1-2,7-8,11-12,17-18,31H,3-6,9-10,13-14,27H2. The van der Waals surface area contributed by atoms with Gasteiger partial charge in [0.2, 0.25) is 5.91 Å². The van der Waals surface area contributed by atoms with E-state index in [0.717, 1.165) is 66.5 Å². The second-order valence-corrected chi connectivity index (χ2v) is 9.52. The van der Waals surface area contributed by atoms with Crippen molar-refractivity contribution in [3.8, 4) is 0 Å². The number of anilines is 1. The van der Waals surface area contributed by atoms with Gasteiger partial charge in [0.15, 0.2) is 0 Å². The van der Waals surface area contributed by atoms with Crippen LogP contribution in [0.3, 0.4) is 0 Å². The Kier molecular flexibility index (Phi) is 4.42. The van der Waals surface area contributed by atoms with E-state index < -0.39 is 5.41 Å². The average molecular weight is 435 g/mol. The second kappa shape index (κ2) is 7.12. The van der Waals surface area contributed by atoms with Gasteiger partial charge in [0, 0.05) is 12.6 Å². The summed E-state index contributed by atoms with van der Waals surface area (Å²) in [6, 6.07) is 11.0. The molecule has 3 aliphatic rings. The predicted molar refractivity (Wildman–Crippen MR) is 120 cm³/mol. The Morgan fingerprint density at radius 2 is 1.91 bits per heavy atom. The normalized spacial score (nSPS) is 23.8. The van der Waals surface area contributed by atoms with Gasteiger partial charge in [-0.2, -0.15) is 0 Å². The molecule has 0 saturated heterocycles. The molecule has 2 saturated carbocycles. The predicted octanol–water partition coefficient (Wildman–Crippen LogP) is 3.69. The number of aromatic nitrogens is 2. The number of rotatable bonds is 4. The van der Waals surface area contributed by atoms with Gasteiger partial charge in [0.25, 0.3) is 0 Å². The lowest BCUT2D eigenvalue weighted by molar-refractivity contribution is -0.120. The summed E-state index contributed by atoms with van der Waals surface area (Å²) in [5.74, 6) is 0.525. The van der Waals surface area contributed by atoms with Gasteiger partial charge in [-0.25, -0.2) is 9.37 Å². The number of amides is 1. The molecule has 1 aromatic heterocycles. The van der Waals surface area contributed by atoms with Crippen molar-refractivity contribution in [1.29, 1.82) is 0 Å². The number of halogens is 1. The summed E-state index contributed by atoms with van der Waals surface area (Å²) in [7, 11) is 0. The van der Waals surface area contributed by atoms with Crippen LogP contribution in [0.25, 0.3) is 11.0 Å². The van der Waals surface area contributed by atoms with E-state index in [-0.39, 0.29) is 23.9 Å². The maximum atomic E-state index is 14.1. The maximum Gasteiger partial charge on any atom is 0.238 e. The molecule has 6 nitrogen and oxygen atoms in total. The summed E-state index contributed by atoms with van der Waals surface area (Å²) < 4.78 is 16.4. The zero-order valence-corrected chi connectivity index (χ0v) is 17.9. The Bertz CT molecular complexity index is 1220. The molecule has 0 atom stereocenters. The zero-order chi connectivity index (χ0) is 22.0. The third-order valence-corrected chi connectivity index (χ3v) is 7.56. The van der Waals surface area contributed by atoms with Crippen LogP contribution < -0.4 is 10.6 Å². The van der Waals surface area contributed by atoms with Crippen LogP contribution in [-0.2, 0) is 23.3 Å². The first-order valence-electron chi connectivity index (χ1n) is 11.5. The fourth-order valence-electron chi connectivity index (χ4n) is 5.68. The molecule has 1 spiro atoms. The summed E-state index contributed by atoms with van der Waals surface area (Å²) >= 11 is 0. The first-order valence-corrected chi connectivity index (χ1v) is 11.5. The molecule has 1 aliphatic heterocycles. The van der Waals surface area contributed by atoms with Crippen LogP contribution in [0, 0.1) is 5.82 Å². The maximum absolute atomic E-state index is 14.1. The highest BCUT2D eigenvalue weighted by atomic mass is 19.1. The van der Waals surface area contributed by atoms with Crippen molar-refractivity contribution in [2.24, 2.45) is 5.73 Å². The van der Waals surface area contributed by atoms with E-state index in [1.165, 1.54) is 12.1 Å². The number of hydrogen-bond donors (Lipinski definition) is 2. The van der Waals surface area contributed by atoms with Gasteiger partial charge in [-0.15, -0.1) is 0 Å². The number of carbonyl (C=O) groups excluding carboxylic acids is 1. The molecular weight excluding hydrogens is 407 g/mol. The number of nitrogens with two attached hydrogens (primary N) is 1. The van der Waals surface area contributed by atoms with Gasteiger partial charge in [-0.3, -0.25) is 4.79 Å². The number of aliphatic hydroxyl groups excluding tert-OH is 1. The number of hydrogen-bond acceptors (Lipinski definition) is 4. The quantitative estimate of drug-likeness (QED) is 0.656. The summed E-state index contributed by atoms with van der Waals surface area (Å²) in [6.45, 7) is 0.746. The van der Waals surface area contributed by atoms with Crippen molar-refractivity contribution in [2.75, 3.05) is 4.90 Å². The number of nitrogens with zero attached hydrogens (tertiary/aromatic N) is 3. The monoisotopic (exact) mass is 434 g/mol. The van der Waals surface area contributed by atoms with Crippen molar-refractivity contribution in [2.45, 2.75) is 69.2 Å². The minimum Gasteiger partial charge on any atom is -0.393 e. The smallest absolute Gasteiger partial charge is 0.238 e. The topological polar surface area (TPSA) is 84.4 Å². The molecule has 0 unspecified atom stereocenters. The number of imidazole rings is 1. The molecule has 7 heteroatoms. The molecule has 3 N–H and O–H groups in total.